The number of carbonyl (C=O) groups excluding carboxylic acids is 2. The van der Waals surface area contributed by atoms with Gasteiger partial charge in [-0.2, -0.15) is 0 Å². The monoisotopic (exact) mass is 408 g/mol. The van der Waals surface area contributed by atoms with Crippen LogP contribution in [0.1, 0.15) is 6.42 Å². The van der Waals surface area contributed by atoms with Crippen molar-refractivity contribution in [2.75, 3.05) is 44.0 Å². The Balaban J connectivity index is 1.87. The summed E-state index contributed by atoms with van der Waals surface area (Å²) in [6.45, 7) is -0.304. The lowest BCUT2D eigenvalue weighted by Crippen LogP contribution is -3.11. The van der Waals surface area contributed by atoms with Crippen molar-refractivity contribution >= 4 is 27.3 Å². The zero-order valence-corrected chi connectivity index (χ0v) is 15.7. The first-order valence-electron chi connectivity index (χ1n) is 8.21. The first kappa shape index (κ1) is 21.2. The molecular formula is C16H21F3N3O4S+. The summed E-state index contributed by atoms with van der Waals surface area (Å²) >= 11 is 0. The van der Waals surface area contributed by atoms with Crippen LogP contribution in [0.4, 0.5) is 18.9 Å². The molecule has 27 heavy (non-hydrogen) atoms. The van der Waals surface area contributed by atoms with Gasteiger partial charge in [-0.3, -0.25) is 9.59 Å². The number of halogens is 3. The molecule has 1 unspecified atom stereocenters. The molecule has 150 valence electrons. The van der Waals surface area contributed by atoms with E-state index in [0.29, 0.717) is 17.4 Å². The quantitative estimate of drug-likeness (QED) is 0.604. The summed E-state index contributed by atoms with van der Waals surface area (Å²) in [7, 11) is -0.0588. The van der Waals surface area contributed by atoms with Crippen LogP contribution in [0.15, 0.2) is 12.1 Å². The number of anilines is 1. The number of quaternary nitrogens is 1. The fourth-order valence-corrected chi connectivity index (χ4v) is 4.60. The summed E-state index contributed by atoms with van der Waals surface area (Å²) in [5, 5.41) is 2.13. The number of likely N-dealkylation sites (N-methyl/N-ethyl adjacent to an activating group) is 2. The van der Waals surface area contributed by atoms with Crippen LogP contribution in [0.5, 0.6) is 0 Å². The highest BCUT2D eigenvalue weighted by molar-refractivity contribution is 7.91. The number of hydrogen-bond acceptors (Lipinski definition) is 4. The van der Waals surface area contributed by atoms with Gasteiger partial charge < -0.3 is 15.1 Å². The Morgan fingerprint density at radius 2 is 1.89 bits per heavy atom. The van der Waals surface area contributed by atoms with Gasteiger partial charge in [0, 0.05) is 13.1 Å². The van der Waals surface area contributed by atoms with Crippen molar-refractivity contribution in [1.82, 2.24) is 4.90 Å². The van der Waals surface area contributed by atoms with E-state index in [-0.39, 0.29) is 36.5 Å². The predicted octanol–water partition coefficient (Wildman–Crippen LogP) is -0.797. The molecule has 1 fully saturated rings. The number of rotatable bonds is 6. The van der Waals surface area contributed by atoms with Crippen LogP contribution in [0.25, 0.3) is 0 Å². The van der Waals surface area contributed by atoms with Crippen molar-refractivity contribution in [3.05, 3.63) is 29.6 Å². The van der Waals surface area contributed by atoms with Gasteiger partial charge >= 0.3 is 0 Å². The molecule has 1 aliphatic heterocycles. The number of nitrogens with one attached hydrogen (secondary N) is 2. The second-order valence-electron chi connectivity index (χ2n) is 6.64. The molecule has 1 heterocycles. The van der Waals surface area contributed by atoms with Crippen LogP contribution < -0.4 is 10.2 Å². The summed E-state index contributed by atoms with van der Waals surface area (Å²) in [5.41, 5.74) is -0.494. The zero-order chi connectivity index (χ0) is 20.4. The minimum absolute atomic E-state index is 0.0418. The van der Waals surface area contributed by atoms with Crippen LogP contribution in [-0.2, 0) is 19.4 Å². The SMILES string of the molecule is CN(C(=O)C[NH+](C)CC(=O)Nc1ccc(F)c(F)c1F)[C@H]1CCS(=O)(=O)C1. The van der Waals surface area contributed by atoms with Crippen molar-refractivity contribution in [2.24, 2.45) is 0 Å². The van der Waals surface area contributed by atoms with Crippen LogP contribution in [0.3, 0.4) is 0 Å². The van der Waals surface area contributed by atoms with E-state index in [0.717, 1.165) is 6.07 Å². The third-order valence-corrected chi connectivity index (χ3v) is 6.12. The summed E-state index contributed by atoms with van der Waals surface area (Å²) in [6, 6.07) is 1.21. The molecule has 0 aromatic heterocycles. The lowest BCUT2D eigenvalue weighted by Gasteiger charge is -2.24. The van der Waals surface area contributed by atoms with Crippen LogP contribution in [-0.4, -0.2) is 69.9 Å². The number of sulfone groups is 1. The third-order valence-electron chi connectivity index (χ3n) is 4.37. The second-order valence-corrected chi connectivity index (χ2v) is 8.87. The number of nitrogens with zero attached hydrogens (tertiary/aromatic N) is 1. The highest BCUT2D eigenvalue weighted by Gasteiger charge is 2.33. The first-order chi connectivity index (χ1) is 12.5. The maximum atomic E-state index is 13.6. The molecule has 0 radical (unpaired) electrons. The maximum Gasteiger partial charge on any atom is 0.279 e. The van der Waals surface area contributed by atoms with Gasteiger partial charge in [0.15, 0.2) is 40.4 Å². The Bertz CT molecular complexity index is 848. The topological polar surface area (TPSA) is 88.0 Å². The molecule has 2 atom stereocenters. The van der Waals surface area contributed by atoms with Gasteiger partial charge in [0.1, 0.15) is 0 Å². The van der Waals surface area contributed by atoms with Gasteiger partial charge in [-0.05, 0) is 18.6 Å². The molecule has 0 bridgehead atoms. The molecule has 2 amide bonds. The summed E-state index contributed by atoms with van der Waals surface area (Å²) in [6.07, 6.45) is 0.375. The molecule has 1 aliphatic rings. The molecule has 2 rings (SSSR count). The van der Waals surface area contributed by atoms with Gasteiger partial charge in [-0.15, -0.1) is 0 Å². The molecule has 11 heteroatoms. The molecule has 1 saturated heterocycles. The Morgan fingerprint density at radius 3 is 2.48 bits per heavy atom. The van der Waals surface area contributed by atoms with Gasteiger partial charge in [-0.1, -0.05) is 0 Å². The van der Waals surface area contributed by atoms with E-state index in [1.165, 1.54) is 11.9 Å². The van der Waals surface area contributed by atoms with Gasteiger partial charge in [-0.25, -0.2) is 21.6 Å². The fraction of sp³-hybridized carbons (Fsp3) is 0.500. The first-order valence-corrected chi connectivity index (χ1v) is 10.0. The number of amides is 2. The average molecular weight is 408 g/mol. The number of carbonyl (C=O) groups is 2. The Morgan fingerprint density at radius 1 is 1.22 bits per heavy atom. The molecule has 2 N–H and O–H groups in total. The summed E-state index contributed by atoms with van der Waals surface area (Å²) in [5.74, 6) is -5.60. The molecular weight excluding hydrogens is 387 g/mol. The minimum Gasteiger partial charge on any atom is -0.337 e. The van der Waals surface area contributed by atoms with E-state index >= 15 is 0 Å². The molecule has 0 aliphatic carbocycles. The molecule has 1 aromatic rings. The standard InChI is InChI=1S/C16H20F3N3O4S/c1-21(8-14(24)22(2)10-5-6-27(25,26)9-10)7-13(23)20-12-4-3-11(17)15(18)16(12)19/h3-4,10H,5-9H2,1-2H3,(H,20,23)/p+1/t10-/m0/s1. The Kier molecular flexibility index (Phi) is 6.47. The van der Waals surface area contributed by atoms with Crippen molar-refractivity contribution < 1.29 is 36.1 Å². The highest BCUT2D eigenvalue weighted by atomic mass is 32.2. The molecule has 0 saturated carbocycles. The van der Waals surface area contributed by atoms with Gasteiger partial charge in [0.25, 0.3) is 11.8 Å². The van der Waals surface area contributed by atoms with Crippen molar-refractivity contribution in [1.29, 1.82) is 0 Å². The molecule has 0 spiro atoms. The number of benzene rings is 1. The Labute approximate surface area is 155 Å². The smallest absolute Gasteiger partial charge is 0.279 e. The molecule has 7 nitrogen and oxygen atoms in total. The minimum atomic E-state index is -3.12. The maximum absolute atomic E-state index is 13.6. The van der Waals surface area contributed by atoms with Crippen LogP contribution in [0, 0.1) is 17.5 Å². The highest BCUT2D eigenvalue weighted by Crippen LogP contribution is 2.19. The van der Waals surface area contributed by atoms with E-state index in [4.69, 9.17) is 0 Å². The van der Waals surface area contributed by atoms with Crippen molar-refractivity contribution in [3.8, 4) is 0 Å². The zero-order valence-electron chi connectivity index (χ0n) is 14.9. The van der Waals surface area contributed by atoms with Crippen LogP contribution >= 0.6 is 0 Å². The Hall–Kier alpha value is -2.14. The van der Waals surface area contributed by atoms with E-state index in [2.05, 4.69) is 5.32 Å². The van der Waals surface area contributed by atoms with E-state index in [1.807, 2.05) is 0 Å². The second kappa shape index (κ2) is 8.26. The predicted molar refractivity (Wildman–Crippen MR) is 91.4 cm³/mol. The van der Waals surface area contributed by atoms with Crippen molar-refractivity contribution in [2.45, 2.75) is 12.5 Å². The van der Waals surface area contributed by atoms with E-state index < -0.39 is 38.9 Å². The normalized spacial score (nSPS) is 19.5. The average Bonchev–Trinajstić information content (AvgIpc) is 2.94. The van der Waals surface area contributed by atoms with E-state index in [9.17, 15) is 31.2 Å². The lowest BCUT2D eigenvalue weighted by atomic mass is 10.2. The lowest BCUT2D eigenvalue weighted by molar-refractivity contribution is -0.862. The van der Waals surface area contributed by atoms with E-state index in [1.54, 1.807) is 7.05 Å². The van der Waals surface area contributed by atoms with Crippen LogP contribution in [0.2, 0.25) is 0 Å². The fourth-order valence-electron chi connectivity index (χ4n) is 2.82. The van der Waals surface area contributed by atoms with Gasteiger partial charge in [0.05, 0.1) is 24.2 Å². The van der Waals surface area contributed by atoms with Crippen molar-refractivity contribution in [3.63, 3.8) is 0 Å². The van der Waals surface area contributed by atoms with Gasteiger partial charge in [0.2, 0.25) is 0 Å². The molecule has 1 aromatic carbocycles. The summed E-state index contributed by atoms with van der Waals surface area (Å²) in [4.78, 5) is 26.0. The number of hydrogen-bond donors (Lipinski definition) is 2. The third kappa shape index (κ3) is 5.42. The summed E-state index contributed by atoms with van der Waals surface area (Å²) < 4.78 is 62.6. The largest absolute Gasteiger partial charge is 0.337 e.